The van der Waals surface area contributed by atoms with Gasteiger partial charge in [0.05, 0.1) is 0 Å². The van der Waals surface area contributed by atoms with Crippen molar-refractivity contribution in [1.29, 1.82) is 0 Å². The molecular weight excluding hydrogens is 220 g/mol. The van der Waals surface area contributed by atoms with Crippen molar-refractivity contribution in [3.8, 4) is 0 Å². The molecule has 0 saturated carbocycles. The first-order chi connectivity index (χ1) is 8.51. The van der Waals surface area contributed by atoms with E-state index in [1.165, 1.54) is 29.5 Å². The van der Waals surface area contributed by atoms with E-state index < -0.39 is 0 Å². The van der Waals surface area contributed by atoms with Crippen molar-refractivity contribution in [1.82, 2.24) is 0 Å². The average molecular weight is 247 g/mol. The predicted molar refractivity (Wildman–Crippen MR) is 78.8 cm³/mol. The summed E-state index contributed by atoms with van der Waals surface area (Å²) in [4.78, 5) is 0. The molecule has 0 heterocycles. The molecule has 0 aromatic heterocycles. The van der Waals surface area contributed by atoms with Crippen LogP contribution >= 0.6 is 0 Å². The first-order valence-electron chi connectivity index (χ1n) is 7.08. The van der Waals surface area contributed by atoms with Crippen LogP contribution in [-0.4, -0.2) is 11.7 Å². The van der Waals surface area contributed by atoms with Crippen molar-refractivity contribution in [2.45, 2.75) is 53.4 Å². The Labute approximate surface area is 112 Å². The lowest BCUT2D eigenvalue weighted by Gasteiger charge is -2.23. The third kappa shape index (κ3) is 3.58. The second kappa shape index (κ2) is 6.94. The largest absolute Gasteiger partial charge is 0.396 e. The third-order valence-corrected chi connectivity index (χ3v) is 3.66. The van der Waals surface area contributed by atoms with Crippen LogP contribution < -0.4 is 0 Å². The van der Waals surface area contributed by atoms with Crippen LogP contribution in [-0.2, 0) is 0 Å². The highest BCUT2D eigenvalue weighted by Gasteiger charge is 2.18. The quantitative estimate of drug-likeness (QED) is 0.786. The SMILES string of the molecule is CCC[C](c1ccc(C(C)CO)cc1C)C(C)C. The summed E-state index contributed by atoms with van der Waals surface area (Å²) in [6, 6.07) is 6.64. The van der Waals surface area contributed by atoms with Crippen LogP contribution in [0.15, 0.2) is 18.2 Å². The van der Waals surface area contributed by atoms with Crippen molar-refractivity contribution >= 4 is 0 Å². The van der Waals surface area contributed by atoms with Crippen molar-refractivity contribution in [3.63, 3.8) is 0 Å². The summed E-state index contributed by atoms with van der Waals surface area (Å²) in [7, 11) is 0. The molecule has 1 unspecified atom stereocenters. The predicted octanol–water partition coefficient (Wildman–Crippen LogP) is 4.47. The van der Waals surface area contributed by atoms with Gasteiger partial charge >= 0.3 is 0 Å². The summed E-state index contributed by atoms with van der Waals surface area (Å²) in [6.45, 7) is 11.2. The molecule has 101 valence electrons. The Balaban J connectivity index is 3.03. The van der Waals surface area contributed by atoms with Gasteiger partial charge in [0.25, 0.3) is 0 Å². The minimum absolute atomic E-state index is 0.217. The van der Waals surface area contributed by atoms with E-state index >= 15 is 0 Å². The minimum atomic E-state index is 0.217. The fourth-order valence-electron chi connectivity index (χ4n) is 2.46. The minimum Gasteiger partial charge on any atom is -0.396 e. The molecule has 1 nitrogen and oxygen atoms in total. The Morgan fingerprint density at radius 1 is 1.22 bits per heavy atom. The summed E-state index contributed by atoms with van der Waals surface area (Å²) in [6.07, 6.45) is 2.37. The van der Waals surface area contributed by atoms with E-state index in [9.17, 15) is 5.11 Å². The number of rotatable bonds is 6. The average Bonchev–Trinajstić information content (AvgIpc) is 2.35. The maximum atomic E-state index is 9.22. The van der Waals surface area contributed by atoms with Gasteiger partial charge in [-0.2, -0.15) is 0 Å². The fraction of sp³-hybridized carbons (Fsp3) is 0.588. The number of hydrogen-bond donors (Lipinski definition) is 1. The van der Waals surface area contributed by atoms with E-state index in [1.807, 2.05) is 0 Å². The summed E-state index contributed by atoms with van der Waals surface area (Å²) in [5, 5.41) is 9.22. The zero-order valence-electron chi connectivity index (χ0n) is 12.5. The highest BCUT2D eigenvalue weighted by molar-refractivity contribution is 5.41. The molecule has 0 saturated heterocycles. The zero-order valence-corrected chi connectivity index (χ0v) is 12.5. The molecule has 1 rings (SSSR count). The molecule has 0 spiro atoms. The van der Waals surface area contributed by atoms with Gasteiger partial charge in [-0.25, -0.2) is 0 Å². The number of aryl methyl sites for hydroxylation is 1. The lowest BCUT2D eigenvalue weighted by atomic mass is 9.82. The highest BCUT2D eigenvalue weighted by atomic mass is 16.3. The van der Waals surface area contributed by atoms with Crippen molar-refractivity contribution < 1.29 is 5.11 Å². The van der Waals surface area contributed by atoms with Gasteiger partial charge < -0.3 is 5.11 Å². The Kier molecular flexibility index (Phi) is 5.87. The van der Waals surface area contributed by atoms with Crippen LogP contribution in [0, 0.1) is 18.8 Å². The van der Waals surface area contributed by atoms with E-state index in [-0.39, 0.29) is 12.5 Å². The molecule has 0 fully saturated rings. The second-order valence-corrected chi connectivity index (χ2v) is 5.59. The summed E-state index contributed by atoms with van der Waals surface area (Å²) >= 11 is 0. The lowest BCUT2D eigenvalue weighted by molar-refractivity contribution is 0.273. The number of aliphatic hydroxyl groups excluding tert-OH is 1. The van der Waals surface area contributed by atoms with Crippen LogP contribution in [0.2, 0.25) is 0 Å². The van der Waals surface area contributed by atoms with E-state index in [0.29, 0.717) is 5.92 Å². The zero-order chi connectivity index (χ0) is 13.7. The van der Waals surface area contributed by atoms with Gasteiger partial charge in [-0.3, -0.25) is 0 Å². The number of benzene rings is 1. The Morgan fingerprint density at radius 3 is 2.33 bits per heavy atom. The van der Waals surface area contributed by atoms with Gasteiger partial charge in [0, 0.05) is 18.4 Å². The molecule has 0 aliphatic rings. The van der Waals surface area contributed by atoms with E-state index in [1.54, 1.807) is 5.92 Å². The summed E-state index contributed by atoms with van der Waals surface area (Å²) < 4.78 is 0. The van der Waals surface area contributed by atoms with Crippen LogP contribution in [0.1, 0.15) is 63.1 Å². The molecule has 18 heavy (non-hydrogen) atoms. The maximum Gasteiger partial charge on any atom is 0.0497 e. The second-order valence-electron chi connectivity index (χ2n) is 5.59. The van der Waals surface area contributed by atoms with Gasteiger partial charge in [0.1, 0.15) is 0 Å². The molecule has 0 aliphatic heterocycles. The first-order valence-corrected chi connectivity index (χ1v) is 7.08. The Hall–Kier alpha value is -0.820. The molecule has 1 N–H and O–H groups in total. The Morgan fingerprint density at radius 2 is 1.89 bits per heavy atom. The molecule has 1 atom stereocenters. The first kappa shape index (κ1) is 15.2. The number of hydrogen-bond acceptors (Lipinski definition) is 1. The molecule has 0 bridgehead atoms. The molecule has 1 aromatic carbocycles. The van der Waals surface area contributed by atoms with Crippen LogP contribution in [0.3, 0.4) is 0 Å². The van der Waals surface area contributed by atoms with E-state index in [0.717, 1.165) is 0 Å². The Bertz CT molecular complexity index is 368. The van der Waals surface area contributed by atoms with Crippen molar-refractivity contribution in [3.05, 3.63) is 40.8 Å². The molecule has 0 amide bonds. The van der Waals surface area contributed by atoms with Gasteiger partial charge in [-0.05, 0) is 36.0 Å². The number of aliphatic hydroxyl groups is 1. The molecular formula is C17H27O. The fourth-order valence-corrected chi connectivity index (χ4v) is 2.46. The monoisotopic (exact) mass is 247 g/mol. The van der Waals surface area contributed by atoms with E-state index in [2.05, 4.69) is 52.8 Å². The molecule has 0 aliphatic carbocycles. The van der Waals surface area contributed by atoms with Gasteiger partial charge in [0.15, 0.2) is 0 Å². The van der Waals surface area contributed by atoms with Crippen LogP contribution in [0.25, 0.3) is 0 Å². The summed E-state index contributed by atoms with van der Waals surface area (Å²) in [5.74, 6) is 2.38. The molecule has 1 radical (unpaired) electrons. The molecule has 1 heteroatoms. The normalized spacial score (nSPS) is 13.3. The van der Waals surface area contributed by atoms with Gasteiger partial charge in [-0.1, -0.05) is 52.3 Å². The maximum absolute atomic E-state index is 9.22. The third-order valence-electron chi connectivity index (χ3n) is 3.66. The standard InChI is InChI=1S/C17H27O/c1-6-7-16(12(2)3)17-9-8-15(10-13(17)4)14(5)11-18/h8-10,12,14,18H,6-7,11H2,1-5H3. The highest BCUT2D eigenvalue weighted by Crippen LogP contribution is 2.31. The summed E-state index contributed by atoms with van der Waals surface area (Å²) in [5.41, 5.74) is 3.98. The van der Waals surface area contributed by atoms with Crippen molar-refractivity contribution in [2.75, 3.05) is 6.61 Å². The van der Waals surface area contributed by atoms with Gasteiger partial charge in [0.2, 0.25) is 0 Å². The van der Waals surface area contributed by atoms with E-state index in [4.69, 9.17) is 0 Å². The topological polar surface area (TPSA) is 20.2 Å². The smallest absolute Gasteiger partial charge is 0.0497 e. The lowest BCUT2D eigenvalue weighted by Crippen LogP contribution is -2.10. The molecule has 1 aromatic rings. The van der Waals surface area contributed by atoms with Crippen LogP contribution in [0.4, 0.5) is 0 Å². The van der Waals surface area contributed by atoms with Crippen molar-refractivity contribution in [2.24, 2.45) is 5.92 Å². The van der Waals surface area contributed by atoms with Crippen LogP contribution in [0.5, 0.6) is 0 Å². The van der Waals surface area contributed by atoms with Gasteiger partial charge in [-0.15, -0.1) is 0 Å².